The number of aliphatic carboxylic acids is 1. The molecule has 0 aliphatic carbocycles. The Labute approximate surface area is 352 Å². The maximum Gasteiger partial charge on any atom is 0.331 e. The molecule has 0 radical (unpaired) electrons. The van der Waals surface area contributed by atoms with Crippen LogP contribution in [0.3, 0.4) is 0 Å². The SMILES string of the molecule is CSCC[C@H](NC(=O)NC(Cc1c[nH]c2ccccc12)C(=O)O)C(=O)N[C@H](C(=O)N/C=C1\C[C@@H](O)[C@H](n2ccc(=O)[nH]c2=O)O1)C(C)N(C)C(=O)[C@@H](N)Cc1cccc(O)c1. The molecule has 4 aromatic rings. The van der Waals surface area contributed by atoms with Crippen molar-refractivity contribution in [2.24, 2.45) is 5.73 Å². The average Bonchev–Trinajstić information content (AvgIpc) is 3.81. The summed E-state index contributed by atoms with van der Waals surface area (Å²) in [6.07, 6.45) is 3.09. The number of urea groups is 1. The van der Waals surface area contributed by atoms with Gasteiger partial charge in [0.1, 0.15) is 35.7 Å². The summed E-state index contributed by atoms with van der Waals surface area (Å²) in [6, 6.07) is 7.22. The van der Waals surface area contributed by atoms with Crippen molar-refractivity contribution in [1.82, 2.24) is 40.7 Å². The molecule has 2 unspecified atom stereocenters. The van der Waals surface area contributed by atoms with Gasteiger partial charge in [-0.2, -0.15) is 11.8 Å². The van der Waals surface area contributed by atoms with E-state index in [1.807, 2.05) is 18.2 Å². The van der Waals surface area contributed by atoms with Crippen molar-refractivity contribution in [3.63, 3.8) is 0 Å². The molecule has 7 atom stereocenters. The number of phenols is 1. The summed E-state index contributed by atoms with van der Waals surface area (Å²) < 4.78 is 6.69. The molecule has 21 heteroatoms. The fourth-order valence-electron chi connectivity index (χ4n) is 6.75. The number of thioether (sulfide) groups is 1. The summed E-state index contributed by atoms with van der Waals surface area (Å²) in [5, 5.41) is 41.5. The molecule has 2 aromatic carbocycles. The largest absolute Gasteiger partial charge is 0.508 e. The van der Waals surface area contributed by atoms with Crippen LogP contribution in [0.15, 0.2) is 88.5 Å². The fourth-order valence-corrected chi connectivity index (χ4v) is 7.22. The molecule has 1 aliphatic rings. The number of para-hydroxylation sites is 1. The number of carbonyl (C=O) groups is 5. The lowest BCUT2D eigenvalue weighted by molar-refractivity contribution is -0.139. The van der Waals surface area contributed by atoms with E-state index in [0.29, 0.717) is 16.9 Å². The number of aliphatic hydroxyl groups excluding tert-OH is 1. The van der Waals surface area contributed by atoms with E-state index in [0.717, 1.165) is 33.9 Å². The van der Waals surface area contributed by atoms with Crippen LogP contribution in [0.4, 0.5) is 4.79 Å². The molecule has 3 heterocycles. The molecule has 0 bridgehead atoms. The van der Waals surface area contributed by atoms with Gasteiger partial charge >= 0.3 is 17.7 Å². The topological polar surface area (TPSA) is 303 Å². The Bertz CT molecular complexity index is 2380. The number of carboxylic acid groups (broad SMARTS) is 1. The van der Waals surface area contributed by atoms with Crippen molar-refractivity contribution >= 4 is 52.4 Å². The average molecular weight is 864 g/mol. The van der Waals surface area contributed by atoms with E-state index in [4.69, 9.17) is 10.5 Å². The summed E-state index contributed by atoms with van der Waals surface area (Å²) in [5.74, 6) is -3.21. The second-order valence-electron chi connectivity index (χ2n) is 14.5. The lowest BCUT2D eigenvalue weighted by Crippen LogP contribution is -2.62. The van der Waals surface area contributed by atoms with E-state index in [1.165, 1.54) is 42.8 Å². The molecule has 1 fully saturated rings. The number of rotatable bonds is 18. The zero-order valence-electron chi connectivity index (χ0n) is 33.5. The van der Waals surface area contributed by atoms with Gasteiger partial charge in [0.25, 0.3) is 5.56 Å². The Morgan fingerprint density at radius 2 is 1.77 bits per heavy atom. The van der Waals surface area contributed by atoms with Crippen LogP contribution in [0, 0.1) is 0 Å². The number of hydrogen-bond donors (Lipinski definition) is 10. The van der Waals surface area contributed by atoms with E-state index in [-0.39, 0.29) is 37.2 Å². The third kappa shape index (κ3) is 11.8. The molecule has 0 saturated carbocycles. The quantitative estimate of drug-likeness (QED) is 0.0630. The molecule has 5 amide bonds. The number of aliphatic hydroxyl groups is 1. The van der Waals surface area contributed by atoms with Crippen molar-refractivity contribution in [2.45, 2.75) is 75.1 Å². The third-order valence-electron chi connectivity index (χ3n) is 10.2. The van der Waals surface area contributed by atoms with Crippen molar-refractivity contribution in [1.29, 1.82) is 0 Å². The number of benzene rings is 2. The van der Waals surface area contributed by atoms with E-state index in [2.05, 4.69) is 31.2 Å². The van der Waals surface area contributed by atoms with Gasteiger partial charge in [0.15, 0.2) is 0 Å². The molecule has 1 saturated heterocycles. The fraction of sp³-hybridized carbons (Fsp3) is 0.375. The van der Waals surface area contributed by atoms with Gasteiger partial charge in [-0.3, -0.25) is 28.7 Å². The zero-order valence-corrected chi connectivity index (χ0v) is 34.3. The molecule has 11 N–H and O–H groups in total. The standard InChI is InChI=1S/C40H49N9O11S/c1-21(48(2)36(55)27(41)16-22-7-6-8-24(50)15-22)33(35(54)43-20-25-18-31(51)37(60-25)49-13-11-32(52)46-40(49)59)47-34(53)29(12-14-61-3)44-39(58)45-30(38(56)57)17-23-19-42-28-10-5-4-9-26(23)28/h4-11,13,15,19-21,27,29-31,33,37,42,50-51H,12,14,16-18,41H2,1-3H3,(H,43,54)(H,47,53)(H,56,57)(H2,44,45,58)(H,46,52,59)/b25-20+/t21?,27-,29-,30?,31+,33-,37+/m0/s1. The first-order valence-electron chi connectivity index (χ1n) is 19.2. The van der Waals surface area contributed by atoms with Gasteiger partial charge in [-0.1, -0.05) is 30.3 Å². The Hall–Kier alpha value is -6.58. The van der Waals surface area contributed by atoms with E-state index in [9.17, 15) is 48.9 Å². The number of aromatic amines is 2. The van der Waals surface area contributed by atoms with Crippen LogP contribution < -0.4 is 38.2 Å². The Morgan fingerprint density at radius 3 is 2.48 bits per heavy atom. The van der Waals surface area contributed by atoms with Gasteiger partial charge in [-0.15, -0.1) is 0 Å². The highest BCUT2D eigenvalue weighted by molar-refractivity contribution is 7.98. The van der Waals surface area contributed by atoms with Crippen molar-refractivity contribution in [2.75, 3.05) is 19.1 Å². The van der Waals surface area contributed by atoms with Gasteiger partial charge in [-0.25, -0.2) is 14.4 Å². The molecule has 20 nitrogen and oxygen atoms in total. The Kier molecular flexibility index (Phi) is 15.4. The van der Waals surface area contributed by atoms with Crippen LogP contribution in [0.2, 0.25) is 0 Å². The smallest absolute Gasteiger partial charge is 0.331 e. The number of nitrogens with two attached hydrogens (primary N) is 1. The lowest BCUT2D eigenvalue weighted by atomic mass is 10.0. The normalized spacial score (nSPS) is 18.0. The molecule has 1 aliphatic heterocycles. The highest BCUT2D eigenvalue weighted by Crippen LogP contribution is 2.30. The minimum atomic E-state index is -1.51. The number of aromatic hydroxyl groups is 1. The van der Waals surface area contributed by atoms with Gasteiger partial charge in [0.2, 0.25) is 23.9 Å². The first-order chi connectivity index (χ1) is 29.1. The number of nitrogens with one attached hydrogen (secondary N) is 6. The molecule has 5 rings (SSSR count). The summed E-state index contributed by atoms with van der Waals surface area (Å²) in [5.41, 5.74) is 6.81. The molecule has 326 valence electrons. The second-order valence-corrected chi connectivity index (χ2v) is 15.5. The maximum absolute atomic E-state index is 14.0. The van der Waals surface area contributed by atoms with E-state index >= 15 is 0 Å². The van der Waals surface area contributed by atoms with Crippen LogP contribution in [0.25, 0.3) is 10.9 Å². The Balaban J connectivity index is 1.34. The van der Waals surface area contributed by atoms with Crippen LogP contribution in [-0.4, -0.2) is 120 Å². The molecular formula is C40H49N9O11S. The number of amides is 5. The number of aromatic nitrogens is 3. The van der Waals surface area contributed by atoms with Gasteiger partial charge in [0, 0.05) is 55.5 Å². The summed E-state index contributed by atoms with van der Waals surface area (Å²) >= 11 is 1.37. The molecule has 2 aromatic heterocycles. The van der Waals surface area contributed by atoms with Crippen LogP contribution in [-0.2, 0) is 36.8 Å². The summed E-state index contributed by atoms with van der Waals surface area (Å²) in [6.45, 7) is 1.49. The van der Waals surface area contributed by atoms with Crippen LogP contribution in [0.1, 0.15) is 37.1 Å². The number of carboxylic acids is 1. The number of ether oxygens (including phenoxy) is 1. The van der Waals surface area contributed by atoms with Crippen molar-refractivity contribution < 1.29 is 44.0 Å². The third-order valence-corrected chi connectivity index (χ3v) is 10.8. The predicted octanol–water partition coefficient (Wildman–Crippen LogP) is -0.0206. The minimum absolute atomic E-state index is 0.0191. The van der Waals surface area contributed by atoms with Gasteiger partial charge in [-0.05, 0) is 61.1 Å². The van der Waals surface area contributed by atoms with Gasteiger partial charge in [0.05, 0.1) is 12.1 Å². The number of nitrogens with zero attached hydrogens (tertiary/aromatic N) is 2. The number of fused-ring (bicyclic) bond motifs is 1. The highest BCUT2D eigenvalue weighted by Gasteiger charge is 2.37. The highest BCUT2D eigenvalue weighted by atomic mass is 32.2. The number of hydrogen-bond acceptors (Lipinski definition) is 12. The maximum atomic E-state index is 14.0. The predicted molar refractivity (Wildman–Crippen MR) is 224 cm³/mol. The number of carbonyl (C=O) groups excluding carboxylic acids is 4. The van der Waals surface area contributed by atoms with E-state index < -0.39 is 83.5 Å². The van der Waals surface area contributed by atoms with Crippen LogP contribution >= 0.6 is 11.8 Å². The number of H-pyrrole nitrogens is 2. The van der Waals surface area contributed by atoms with Gasteiger partial charge < -0.3 is 56.9 Å². The second kappa shape index (κ2) is 20.6. The summed E-state index contributed by atoms with van der Waals surface area (Å²) in [4.78, 5) is 97.5. The minimum Gasteiger partial charge on any atom is -0.508 e. The monoisotopic (exact) mass is 863 g/mol. The van der Waals surface area contributed by atoms with Crippen molar-refractivity contribution in [3.05, 3.63) is 111 Å². The first-order valence-corrected chi connectivity index (χ1v) is 20.6. The molecule has 61 heavy (non-hydrogen) atoms. The lowest BCUT2D eigenvalue weighted by Gasteiger charge is -2.34. The molecule has 0 spiro atoms. The van der Waals surface area contributed by atoms with E-state index in [1.54, 1.807) is 30.7 Å². The van der Waals surface area contributed by atoms with Crippen LogP contribution in [0.5, 0.6) is 5.75 Å². The zero-order chi connectivity index (χ0) is 44.4. The number of phenolic OH excluding ortho intramolecular Hbond substituents is 1. The first kappa shape index (κ1) is 45.5. The summed E-state index contributed by atoms with van der Waals surface area (Å²) in [7, 11) is 1.39. The van der Waals surface area contributed by atoms with Crippen molar-refractivity contribution in [3.8, 4) is 5.75 Å². The molecular weight excluding hydrogens is 815 g/mol. The Morgan fingerprint density at radius 1 is 1.03 bits per heavy atom. The number of likely N-dealkylation sites (N-methyl/N-ethyl adjacent to an activating group) is 1.